The third-order valence-corrected chi connectivity index (χ3v) is 1.76. The van der Waals surface area contributed by atoms with Crippen molar-refractivity contribution >= 4 is 5.69 Å². The minimum atomic E-state index is 0.501. The van der Waals surface area contributed by atoms with Gasteiger partial charge in [-0.25, -0.2) is 4.98 Å². The van der Waals surface area contributed by atoms with Gasteiger partial charge >= 0.3 is 0 Å². The van der Waals surface area contributed by atoms with Gasteiger partial charge in [-0.05, 0) is 13.0 Å². The molecule has 0 atom stereocenters. The zero-order valence-corrected chi connectivity index (χ0v) is 7.50. The molecule has 1 rings (SSSR count). The fourth-order valence-electron chi connectivity index (χ4n) is 1.12. The average Bonchev–Trinajstić information content (AvgIpc) is 2.04. The van der Waals surface area contributed by atoms with Crippen molar-refractivity contribution in [3.8, 4) is 6.07 Å². The van der Waals surface area contributed by atoms with E-state index in [0.717, 1.165) is 11.3 Å². The monoisotopic (exact) mass is 161 g/mol. The Kier molecular flexibility index (Phi) is 2.29. The molecule has 0 radical (unpaired) electrons. The summed E-state index contributed by atoms with van der Waals surface area (Å²) in [6, 6.07) is 3.95. The van der Waals surface area contributed by atoms with Crippen molar-refractivity contribution in [2.24, 2.45) is 0 Å². The Bertz CT molecular complexity index is 323. The van der Waals surface area contributed by atoms with E-state index in [1.165, 1.54) is 0 Å². The molecule has 62 valence electrons. The summed E-state index contributed by atoms with van der Waals surface area (Å²) in [5, 5.41) is 8.69. The van der Waals surface area contributed by atoms with Crippen LogP contribution in [0.1, 0.15) is 11.3 Å². The summed E-state index contributed by atoms with van der Waals surface area (Å²) in [5.74, 6) is 0. The highest BCUT2D eigenvalue weighted by Crippen LogP contribution is 2.18. The lowest BCUT2D eigenvalue weighted by atomic mass is 10.2. The molecule has 0 aromatic carbocycles. The van der Waals surface area contributed by atoms with Crippen LogP contribution in [0, 0.1) is 18.3 Å². The van der Waals surface area contributed by atoms with E-state index in [0.29, 0.717) is 5.69 Å². The second-order valence-corrected chi connectivity index (χ2v) is 2.81. The van der Waals surface area contributed by atoms with Crippen LogP contribution in [-0.2, 0) is 0 Å². The van der Waals surface area contributed by atoms with Gasteiger partial charge in [0.15, 0.2) is 0 Å². The van der Waals surface area contributed by atoms with Crippen LogP contribution in [0.15, 0.2) is 12.3 Å². The lowest BCUT2D eigenvalue weighted by molar-refractivity contribution is 1.09. The molecule has 0 aliphatic heterocycles. The second kappa shape index (κ2) is 3.22. The minimum absolute atomic E-state index is 0.501. The molecule has 0 aliphatic carbocycles. The van der Waals surface area contributed by atoms with Gasteiger partial charge in [0, 0.05) is 31.5 Å². The Morgan fingerprint density at radius 3 is 2.67 bits per heavy atom. The first-order chi connectivity index (χ1) is 5.66. The van der Waals surface area contributed by atoms with Crippen LogP contribution < -0.4 is 4.90 Å². The predicted molar refractivity (Wildman–Crippen MR) is 48.0 cm³/mol. The molecule has 0 saturated carbocycles. The van der Waals surface area contributed by atoms with Crippen molar-refractivity contribution in [1.82, 2.24) is 4.98 Å². The first-order valence-electron chi connectivity index (χ1n) is 3.70. The summed E-state index contributed by atoms with van der Waals surface area (Å²) < 4.78 is 0. The Morgan fingerprint density at radius 1 is 1.50 bits per heavy atom. The van der Waals surface area contributed by atoms with Crippen molar-refractivity contribution in [3.63, 3.8) is 0 Å². The maximum atomic E-state index is 8.69. The van der Waals surface area contributed by atoms with E-state index in [-0.39, 0.29) is 0 Å². The number of anilines is 1. The standard InChI is InChI=1S/C9H11N3/c1-7-8(6-10)11-5-4-9(7)12(2)3/h4-5H,1-3H3. The van der Waals surface area contributed by atoms with Gasteiger partial charge in [0.25, 0.3) is 0 Å². The molecule has 0 aliphatic rings. The molecular formula is C9H11N3. The Labute approximate surface area is 72.3 Å². The maximum absolute atomic E-state index is 8.69. The van der Waals surface area contributed by atoms with Gasteiger partial charge < -0.3 is 4.90 Å². The SMILES string of the molecule is Cc1c(N(C)C)ccnc1C#N. The van der Waals surface area contributed by atoms with Gasteiger partial charge in [-0.15, -0.1) is 0 Å². The molecule has 1 heterocycles. The van der Waals surface area contributed by atoms with Crippen LogP contribution in [0.3, 0.4) is 0 Å². The van der Waals surface area contributed by atoms with Gasteiger partial charge in [-0.1, -0.05) is 0 Å². The van der Waals surface area contributed by atoms with Crippen LogP contribution in [0.5, 0.6) is 0 Å². The summed E-state index contributed by atoms with van der Waals surface area (Å²) in [6.07, 6.45) is 1.65. The van der Waals surface area contributed by atoms with E-state index in [9.17, 15) is 0 Å². The normalized spacial score (nSPS) is 9.17. The minimum Gasteiger partial charge on any atom is -0.377 e. The zero-order chi connectivity index (χ0) is 9.14. The number of nitriles is 1. The molecule has 1 aromatic heterocycles. The Hall–Kier alpha value is -1.56. The highest BCUT2D eigenvalue weighted by Gasteiger charge is 2.04. The molecule has 3 nitrogen and oxygen atoms in total. The third-order valence-electron chi connectivity index (χ3n) is 1.76. The molecule has 0 amide bonds. The number of hydrogen-bond donors (Lipinski definition) is 0. The molecule has 0 unspecified atom stereocenters. The van der Waals surface area contributed by atoms with Crippen LogP contribution in [-0.4, -0.2) is 19.1 Å². The smallest absolute Gasteiger partial charge is 0.145 e. The maximum Gasteiger partial charge on any atom is 0.145 e. The third kappa shape index (κ3) is 1.37. The zero-order valence-electron chi connectivity index (χ0n) is 7.50. The summed E-state index contributed by atoms with van der Waals surface area (Å²) in [5.41, 5.74) is 2.48. The lowest BCUT2D eigenvalue weighted by Crippen LogP contribution is -2.11. The van der Waals surface area contributed by atoms with Crippen LogP contribution in [0.25, 0.3) is 0 Å². The van der Waals surface area contributed by atoms with Gasteiger partial charge in [0.1, 0.15) is 11.8 Å². The quantitative estimate of drug-likeness (QED) is 0.623. The van der Waals surface area contributed by atoms with E-state index in [1.807, 2.05) is 32.0 Å². The Morgan fingerprint density at radius 2 is 2.17 bits per heavy atom. The van der Waals surface area contributed by atoms with Gasteiger partial charge in [-0.2, -0.15) is 5.26 Å². The summed E-state index contributed by atoms with van der Waals surface area (Å²) in [6.45, 7) is 1.90. The largest absolute Gasteiger partial charge is 0.377 e. The fraction of sp³-hybridized carbons (Fsp3) is 0.333. The van der Waals surface area contributed by atoms with Crippen LogP contribution in [0.2, 0.25) is 0 Å². The van der Waals surface area contributed by atoms with E-state index in [4.69, 9.17) is 5.26 Å². The first kappa shape index (κ1) is 8.54. The number of hydrogen-bond acceptors (Lipinski definition) is 3. The summed E-state index contributed by atoms with van der Waals surface area (Å²) >= 11 is 0. The van der Waals surface area contributed by atoms with Gasteiger partial charge in [0.2, 0.25) is 0 Å². The highest BCUT2D eigenvalue weighted by atomic mass is 15.1. The molecular weight excluding hydrogens is 150 g/mol. The molecule has 0 spiro atoms. The lowest BCUT2D eigenvalue weighted by Gasteiger charge is -2.14. The first-order valence-corrected chi connectivity index (χ1v) is 3.70. The van der Waals surface area contributed by atoms with Gasteiger partial charge in [0.05, 0.1) is 0 Å². The predicted octanol–water partition coefficient (Wildman–Crippen LogP) is 1.33. The topological polar surface area (TPSA) is 39.9 Å². The van der Waals surface area contributed by atoms with E-state index < -0.39 is 0 Å². The van der Waals surface area contributed by atoms with E-state index in [1.54, 1.807) is 6.20 Å². The average molecular weight is 161 g/mol. The number of rotatable bonds is 1. The fourth-order valence-corrected chi connectivity index (χ4v) is 1.12. The number of aromatic nitrogens is 1. The van der Waals surface area contributed by atoms with Crippen molar-refractivity contribution in [3.05, 3.63) is 23.5 Å². The van der Waals surface area contributed by atoms with Gasteiger partial charge in [-0.3, -0.25) is 0 Å². The van der Waals surface area contributed by atoms with Crippen LogP contribution in [0.4, 0.5) is 5.69 Å². The molecule has 0 fully saturated rings. The number of nitrogens with zero attached hydrogens (tertiary/aromatic N) is 3. The van der Waals surface area contributed by atoms with Crippen molar-refractivity contribution in [2.75, 3.05) is 19.0 Å². The van der Waals surface area contributed by atoms with E-state index in [2.05, 4.69) is 11.1 Å². The molecule has 12 heavy (non-hydrogen) atoms. The summed E-state index contributed by atoms with van der Waals surface area (Å²) in [4.78, 5) is 5.92. The van der Waals surface area contributed by atoms with Crippen molar-refractivity contribution < 1.29 is 0 Å². The number of pyridine rings is 1. The summed E-state index contributed by atoms with van der Waals surface area (Å²) in [7, 11) is 3.90. The van der Waals surface area contributed by atoms with E-state index >= 15 is 0 Å². The molecule has 0 N–H and O–H groups in total. The Balaban J connectivity index is 3.25. The molecule has 0 saturated heterocycles. The second-order valence-electron chi connectivity index (χ2n) is 2.81. The van der Waals surface area contributed by atoms with Crippen molar-refractivity contribution in [1.29, 1.82) is 5.26 Å². The molecule has 1 aromatic rings. The van der Waals surface area contributed by atoms with Crippen molar-refractivity contribution in [2.45, 2.75) is 6.92 Å². The van der Waals surface area contributed by atoms with Crippen LogP contribution >= 0.6 is 0 Å². The molecule has 0 bridgehead atoms. The highest BCUT2D eigenvalue weighted by molar-refractivity contribution is 5.55. The molecule has 3 heteroatoms.